The van der Waals surface area contributed by atoms with Crippen LogP contribution in [0, 0.1) is 5.92 Å². The third-order valence-corrected chi connectivity index (χ3v) is 4.26. The van der Waals surface area contributed by atoms with E-state index in [1.54, 1.807) is 4.90 Å². The van der Waals surface area contributed by atoms with Gasteiger partial charge in [0.15, 0.2) is 0 Å². The van der Waals surface area contributed by atoms with Gasteiger partial charge in [-0.2, -0.15) is 0 Å². The highest BCUT2D eigenvalue weighted by Crippen LogP contribution is 2.19. The molecule has 2 aliphatic heterocycles. The predicted octanol–water partition coefficient (Wildman–Crippen LogP) is -0.445. The zero-order chi connectivity index (χ0) is 14.0. The van der Waals surface area contributed by atoms with E-state index in [4.69, 9.17) is 5.11 Å². The van der Waals surface area contributed by atoms with E-state index < -0.39 is 11.9 Å². The van der Waals surface area contributed by atoms with Crippen LogP contribution in [0.5, 0.6) is 0 Å². The molecule has 0 saturated carbocycles. The molecule has 2 aliphatic rings. The first kappa shape index (κ1) is 14.3. The Morgan fingerprint density at radius 2 is 2.05 bits per heavy atom. The van der Waals surface area contributed by atoms with Crippen LogP contribution < -0.4 is 0 Å². The molecule has 108 valence electrons. The van der Waals surface area contributed by atoms with Crippen LogP contribution in [0.4, 0.5) is 0 Å². The Kier molecular flexibility index (Phi) is 4.42. The van der Waals surface area contributed by atoms with Crippen molar-refractivity contribution in [3.05, 3.63) is 0 Å². The maximum atomic E-state index is 11.9. The topological polar surface area (TPSA) is 64.1 Å². The van der Waals surface area contributed by atoms with Gasteiger partial charge in [-0.3, -0.25) is 14.5 Å². The van der Waals surface area contributed by atoms with Gasteiger partial charge in [0.25, 0.3) is 0 Å². The number of carboxylic acids is 1. The molecule has 0 aliphatic carbocycles. The second-order valence-corrected chi connectivity index (χ2v) is 5.77. The Morgan fingerprint density at radius 1 is 1.32 bits per heavy atom. The van der Waals surface area contributed by atoms with Crippen LogP contribution in [-0.2, 0) is 9.59 Å². The molecule has 2 unspecified atom stereocenters. The Morgan fingerprint density at radius 3 is 2.74 bits per heavy atom. The van der Waals surface area contributed by atoms with Gasteiger partial charge in [0.2, 0.25) is 5.91 Å². The average Bonchev–Trinajstić information content (AvgIpc) is 2.36. The van der Waals surface area contributed by atoms with Crippen LogP contribution in [0.3, 0.4) is 0 Å². The molecule has 1 amide bonds. The number of likely N-dealkylation sites (tertiary alicyclic amines) is 1. The van der Waals surface area contributed by atoms with Crippen molar-refractivity contribution in [2.75, 3.05) is 46.8 Å². The van der Waals surface area contributed by atoms with E-state index in [1.807, 2.05) is 0 Å². The Bertz CT molecular complexity index is 361. The van der Waals surface area contributed by atoms with Gasteiger partial charge < -0.3 is 14.9 Å². The molecule has 2 rings (SSSR count). The molecule has 6 nitrogen and oxygen atoms in total. The summed E-state index contributed by atoms with van der Waals surface area (Å²) in [6.45, 7) is 3.97. The number of rotatable bonds is 3. The van der Waals surface area contributed by atoms with Gasteiger partial charge in [-0.25, -0.2) is 0 Å². The molecule has 6 heteroatoms. The number of nitrogens with zero attached hydrogens (tertiary/aromatic N) is 3. The van der Waals surface area contributed by atoms with E-state index in [0.717, 1.165) is 19.6 Å². The van der Waals surface area contributed by atoms with E-state index in [9.17, 15) is 9.59 Å². The van der Waals surface area contributed by atoms with Gasteiger partial charge in [-0.15, -0.1) is 0 Å². The number of piperidine rings is 1. The zero-order valence-corrected chi connectivity index (χ0v) is 11.7. The summed E-state index contributed by atoms with van der Waals surface area (Å²) in [4.78, 5) is 29.2. The molecule has 2 saturated heterocycles. The van der Waals surface area contributed by atoms with Crippen LogP contribution in [0.1, 0.15) is 12.8 Å². The fourth-order valence-electron chi connectivity index (χ4n) is 2.85. The summed E-state index contributed by atoms with van der Waals surface area (Å²) in [5, 5.41) is 9.09. The minimum absolute atomic E-state index is 0.0964. The largest absolute Gasteiger partial charge is 0.481 e. The lowest BCUT2D eigenvalue weighted by Gasteiger charge is -2.41. The molecule has 0 aromatic carbocycles. The number of carbonyl (C=O) groups is 2. The normalized spacial score (nSPS) is 30.6. The summed E-state index contributed by atoms with van der Waals surface area (Å²) in [5.41, 5.74) is 0. The predicted molar refractivity (Wildman–Crippen MR) is 70.9 cm³/mol. The molecule has 0 aromatic heterocycles. The number of likely N-dealkylation sites (N-methyl/N-ethyl adjacent to an activating group) is 2. The highest BCUT2D eigenvalue weighted by atomic mass is 16.4. The van der Waals surface area contributed by atoms with Crippen molar-refractivity contribution in [2.24, 2.45) is 5.92 Å². The molecule has 2 heterocycles. The lowest BCUT2D eigenvalue weighted by Crippen LogP contribution is -2.56. The van der Waals surface area contributed by atoms with Crippen molar-refractivity contribution < 1.29 is 14.7 Å². The van der Waals surface area contributed by atoms with Crippen molar-refractivity contribution in [2.45, 2.75) is 18.9 Å². The summed E-state index contributed by atoms with van der Waals surface area (Å²) >= 11 is 0. The van der Waals surface area contributed by atoms with Crippen molar-refractivity contribution in [1.29, 1.82) is 0 Å². The first-order valence-corrected chi connectivity index (χ1v) is 6.86. The Hall–Kier alpha value is -1.14. The molecule has 2 atom stereocenters. The molecule has 2 fully saturated rings. The highest BCUT2D eigenvalue weighted by Gasteiger charge is 2.33. The third kappa shape index (κ3) is 3.45. The second kappa shape index (κ2) is 5.88. The molecule has 19 heavy (non-hydrogen) atoms. The monoisotopic (exact) mass is 269 g/mol. The zero-order valence-electron chi connectivity index (χ0n) is 11.7. The third-order valence-electron chi connectivity index (χ3n) is 4.26. The highest BCUT2D eigenvalue weighted by molar-refractivity contribution is 5.80. The van der Waals surface area contributed by atoms with Crippen LogP contribution in [0.25, 0.3) is 0 Å². The number of carboxylic acid groups (broad SMARTS) is 1. The first-order chi connectivity index (χ1) is 8.97. The van der Waals surface area contributed by atoms with Crippen LogP contribution >= 0.6 is 0 Å². The van der Waals surface area contributed by atoms with E-state index >= 15 is 0 Å². The average molecular weight is 269 g/mol. The van der Waals surface area contributed by atoms with Gasteiger partial charge in [0, 0.05) is 45.2 Å². The first-order valence-electron chi connectivity index (χ1n) is 6.86. The van der Waals surface area contributed by atoms with E-state index in [-0.39, 0.29) is 5.91 Å². The van der Waals surface area contributed by atoms with Gasteiger partial charge in [-0.1, -0.05) is 0 Å². The number of carbonyl (C=O) groups excluding carboxylic acids is 1. The smallest absolute Gasteiger partial charge is 0.308 e. The summed E-state index contributed by atoms with van der Waals surface area (Å²) < 4.78 is 0. The van der Waals surface area contributed by atoms with Gasteiger partial charge in [0.1, 0.15) is 0 Å². The van der Waals surface area contributed by atoms with Crippen molar-refractivity contribution in [3.63, 3.8) is 0 Å². The van der Waals surface area contributed by atoms with Crippen molar-refractivity contribution in [1.82, 2.24) is 14.7 Å². The lowest BCUT2D eigenvalue weighted by molar-refractivity contribution is -0.147. The summed E-state index contributed by atoms with van der Waals surface area (Å²) in [6.07, 6.45) is 0.842. The van der Waals surface area contributed by atoms with Crippen LogP contribution in [0.15, 0.2) is 0 Å². The Labute approximate surface area is 114 Å². The minimum atomic E-state index is -0.786. The number of aliphatic carboxylic acids is 1. The quantitative estimate of drug-likeness (QED) is 0.752. The second-order valence-electron chi connectivity index (χ2n) is 5.77. The molecule has 0 spiro atoms. The number of piperazine rings is 1. The van der Waals surface area contributed by atoms with Crippen LogP contribution in [-0.4, -0.2) is 84.5 Å². The summed E-state index contributed by atoms with van der Waals surface area (Å²) in [5.74, 6) is -1.09. The summed E-state index contributed by atoms with van der Waals surface area (Å²) in [7, 11) is 4.15. The fourth-order valence-corrected chi connectivity index (χ4v) is 2.85. The maximum Gasteiger partial charge on any atom is 0.308 e. The van der Waals surface area contributed by atoms with E-state index in [2.05, 4.69) is 23.9 Å². The van der Waals surface area contributed by atoms with Gasteiger partial charge in [-0.05, 0) is 20.5 Å². The van der Waals surface area contributed by atoms with Crippen molar-refractivity contribution in [3.8, 4) is 0 Å². The minimum Gasteiger partial charge on any atom is -0.481 e. The van der Waals surface area contributed by atoms with E-state index in [0.29, 0.717) is 32.0 Å². The molecule has 0 aromatic rings. The Balaban J connectivity index is 1.95. The van der Waals surface area contributed by atoms with Gasteiger partial charge >= 0.3 is 5.97 Å². The fraction of sp³-hybridized carbons (Fsp3) is 0.846. The lowest BCUT2D eigenvalue weighted by atomic mass is 9.97. The SMILES string of the molecule is CN1CCN(C)C(CN2CC(C(=O)O)CCC2=O)C1. The number of hydrogen-bond donors (Lipinski definition) is 1. The number of hydrogen-bond acceptors (Lipinski definition) is 4. The molecular formula is C13H23N3O3. The van der Waals surface area contributed by atoms with Gasteiger partial charge in [0.05, 0.1) is 5.92 Å². The maximum absolute atomic E-state index is 11.9. The number of amides is 1. The molecule has 1 N–H and O–H groups in total. The van der Waals surface area contributed by atoms with Crippen LogP contribution in [0.2, 0.25) is 0 Å². The standard InChI is InChI=1S/C13H23N3O3/c1-14-5-6-15(2)11(8-14)9-16-7-10(13(18)19)3-4-12(16)17/h10-11H,3-9H2,1-2H3,(H,18,19). The van der Waals surface area contributed by atoms with E-state index in [1.165, 1.54) is 0 Å². The summed E-state index contributed by atoms with van der Waals surface area (Å²) in [6, 6.07) is 0.301. The van der Waals surface area contributed by atoms with Crippen molar-refractivity contribution >= 4 is 11.9 Å². The molecule has 0 radical (unpaired) electrons. The molecular weight excluding hydrogens is 246 g/mol. The molecule has 0 bridgehead atoms.